The normalized spacial score (nSPS) is 15.8. The second kappa shape index (κ2) is 6.48. The number of halogens is 2. The Balaban J connectivity index is 1.96. The first-order chi connectivity index (χ1) is 10.1. The molecule has 1 aliphatic rings. The van der Waals surface area contributed by atoms with Crippen LogP contribution in [-0.4, -0.2) is 12.5 Å². The van der Waals surface area contributed by atoms with E-state index in [1.165, 1.54) is 9.13 Å². The highest BCUT2D eigenvalue weighted by atomic mass is 127. The summed E-state index contributed by atoms with van der Waals surface area (Å²) in [5.74, 6) is 0.0478. The van der Waals surface area contributed by atoms with E-state index in [9.17, 15) is 4.79 Å². The molecule has 2 aromatic carbocycles. The van der Waals surface area contributed by atoms with E-state index in [2.05, 4.69) is 80.2 Å². The van der Waals surface area contributed by atoms with Crippen LogP contribution in [0.15, 0.2) is 42.5 Å². The van der Waals surface area contributed by atoms with E-state index in [0.29, 0.717) is 0 Å². The summed E-state index contributed by atoms with van der Waals surface area (Å²) >= 11 is 6.05. The van der Waals surface area contributed by atoms with Crippen molar-refractivity contribution in [2.75, 3.05) is 6.54 Å². The fraction of sp³-hybridized carbons (Fsp3) is 0.235. The third kappa shape index (κ3) is 3.31. The van der Waals surface area contributed by atoms with E-state index in [1.54, 1.807) is 0 Å². The van der Waals surface area contributed by atoms with E-state index >= 15 is 0 Å². The van der Waals surface area contributed by atoms with Crippen LogP contribution in [0.2, 0.25) is 0 Å². The number of amides is 1. The van der Waals surface area contributed by atoms with Gasteiger partial charge in [0.15, 0.2) is 0 Å². The number of fused-ring (bicyclic) bond motifs is 1. The monoisotopic (exact) mass is 455 g/mol. The van der Waals surface area contributed by atoms with Crippen molar-refractivity contribution in [1.82, 2.24) is 5.32 Å². The molecule has 0 spiro atoms. The lowest BCUT2D eigenvalue weighted by molar-refractivity contribution is 0.0956. The summed E-state index contributed by atoms with van der Waals surface area (Å²) in [6, 6.07) is 14.7. The van der Waals surface area contributed by atoms with Gasteiger partial charge in [-0.3, -0.25) is 4.79 Å². The van der Waals surface area contributed by atoms with E-state index in [-0.39, 0.29) is 10.7 Å². The summed E-state index contributed by atoms with van der Waals surface area (Å²) in [4.78, 5) is 12.2. The summed E-state index contributed by atoms with van der Waals surface area (Å²) < 4.78 is 1.22. The molecule has 0 aliphatic carbocycles. The zero-order valence-corrected chi connectivity index (χ0v) is 15.1. The van der Waals surface area contributed by atoms with Crippen LogP contribution in [0.1, 0.15) is 38.3 Å². The van der Waals surface area contributed by atoms with Crippen molar-refractivity contribution < 1.29 is 4.79 Å². The quantitative estimate of drug-likeness (QED) is 0.526. The standard InChI is InChI=1S/C17H15BrINO/c18-16(12-5-7-14(19)8-6-12)13-4-3-11-2-1-9-20-17(21)15(11)10-13/h3-8,10,16H,1-2,9H2,(H,20,21). The van der Waals surface area contributed by atoms with E-state index < -0.39 is 0 Å². The number of carbonyl (C=O) groups excluding carboxylic acids is 1. The van der Waals surface area contributed by atoms with Crippen molar-refractivity contribution in [2.24, 2.45) is 0 Å². The Morgan fingerprint density at radius 1 is 1.10 bits per heavy atom. The van der Waals surface area contributed by atoms with Gasteiger partial charge in [-0.1, -0.05) is 40.2 Å². The minimum Gasteiger partial charge on any atom is -0.352 e. The maximum Gasteiger partial charge on any atom is 0.251 e. The fourth-order valence-corrected chi connectivity index (χ4v) is 3.53. The molecule has 1 aliphatic heterocycles. The molecular weight excluding hydrogens is 441 g/mol. The highest BCUT2D eigenvalue weighted by Gasteiger charge is 2.18. The van der Waals surface area contributed by atoms with Gasteiger partial charge in [-0.2, -0.15) is 0 Å². The number of carbonyl (C=O) groups is 1. The molecule has 0 aromatic heterocycles. The maximum absolute atomic E-state index is 12.1. The highest BCUT2D eigenvalue weighted by molar-refractivity contribution is 14.1. The number of alkyl halides is 1. The van der Waals surface area contributed by atoms with Gasteiger partial charge in [-0.05, 0) is 70.3 Å². The molecule has 1 amide bonds. The largest absolute Gasteiger partial charge is 0.352 e. The van der Waals surface area contributed by atoms with Crippen molar-refractivity contribution in [3.05, 3.63) is 68.3 Å². The van der Waals surface area contributed by atoms with Crippen LogP contribution in [0.3, 0.4) is 0 Å². The molecule has 1 heterocycles. The Labute approximate surface area is 146 Å². The number of hydrogen-bond acceptors (Lipinski definition) is 1. The minimum absolute atomic E-state index is 0.0478. The third-order valence-corrected chi connectivity index (χ3v) is 5.52. The summed E-state index contributed by atoms with van der Waals surface area (Å²) in [7, 11) is 0. The van der Waals surface area contributed by atoms with E-state index in [1.807, 2.05) is 6.07 Å². The van der Waals surface area contributed by atoms with Gasteiger partial charge in [0.25, 0.3) is 5.91 Å². The molecule has 21 heavy (non-hydrogen) atoms. The summed E-state index contributed by atoms with van der Waals surface area (Å²) in [6.07, 6.45) is 1.97. The molecule has 0 saturated carbocycles. The number of hydrogen-bond donors (Lipinski definition) is 1. The molecule has 1 unspecified atom stereocenters. The third-order valence-electron chi connectivity index (χ3n) is 3.74. The average Bonchev–Trinajstić information content (AvgIpc) is 2.69. The molecule has 4 heteroatoms. The zero-order chi connectivity index (χ0) is 14.8. The first kappa shape index (κ1) is 15.0. The van der Waals surface area contributed by atoms with E-state index in [0.717, 1.165) is 36.1 Å². The number of nitrogens with one attached hydrogen (secondary N) is 1. The first-order valence-electron chi connectivity index (χ1n) is 6.96. The van der Waals surface area contributed by atoms with Gasteiger partial charge in [0.1, 0.15) is 0 Å². The lowest BCUT2D eigenvalue weighted by Gasteiger charge is -2.14. The molecule has 1 N–H and O–H groups in total. The fourth-order valence-electron chi connectivity index (χ4n) is 2.58. The summed E-state index contributed by atoms with van der Waals surface area (Å²) in [6.45, 7) is 0.762. The van der Waals surface area contributed by atoms with Gasteiger partial charge in [-0.25, -0.2) is 0 Å². The topological polar surface area (TPSA) is 29.1 Å². The zero-order valence-electron chi connectivity index (χ0n) is 11.4. The van der Waals surface area contributed by atoms with Gasteiger partial charge in [0.2, 0.25) is 0 Å². The molecule has 1 atom stereocenters. The van der Waals surface area contributed by atoms with Gasteiger partial charge < -0.3 is 5.32 Å². The van der Waals surface area contributed by atoms with Gasteiger partial charge >= 0.3 is 0 Å². The maximum atomic E-state index is 12.1. The highest BCUT2D eigenvalue weighted by Crippen LogP contribution is 2.32. The lowest BCUT2D eigenvalue weighted by atomic mass is 9.97. The average molecular weight is 456 g/mol. The Kier molecular flexibility index (Phi) is 4.64. The number of benzene rings is 2. The Hall–Kier alpha value is -0.880. The van der Waals surface area contributed by atoms with Crippen molar-refractivity contribution in [3.8, 4) is 0 Å². The predicted octanol–water partition coefficient (Wildman–Crippen LogP) is 4.45. The van der Waals surface area contributed by atoms with Gasteiger partial charge in [-0.15, -0.1) is 0 Å². The van der Waals surface area contributed by atoms with Crippen LogP contribution in [0.5, 0.6) is 0 Å². The molecule has 108 valence electrons. The molecular formula is C17H15BrINO. The Bertz CT molecular complexity index is 669. The number of aryl methyl sites for hydroxylation is 1. The molecule has 2 nitrogen and oxygen atoms in total. The molecule has 0 bridgehead atoms. The Morgan fingerprint density at radius 2 is 1.81 bits per heavy atom. The van der Waals surface area contributed by atoms with Crippen molar-refractivity contribution >= 4 is 44.4 Å². The second-order valence-corrected chi connectivity index (χ2v) is 7.35. The molecule has 0 fully saturated rings. The van der Waals surface area contributed by atoms with Crippen molar-refractivity contribution in [1.29, 1.82) is 0 Å². The van der Waals surface area contributed by atoms with Gasteiger partial charge in [0.05, 0.1) is 4.83 Å². The van der Waals surface area contributed by atoms with Crippen LogP contribution in [0.4, 0.5) is 0 Å². The minimum atomic E-state index is 0.0478. The molecule has 0 saturated heterocycles. The summed E-state index contributed by atoms with van der Waals surface area (Å²) in [5, 5.41) is 2.96. The lowest BCUT2D eigenvalue weighted by Crippen LogP contribution is -2.22. The van der Waals surface area contributed by atoms with Crippen LogP contribution in [0, 0.1) is 3.57 Å². The molecule has 3 rings (SSSR count). The Morgan fingerprint density at radius 3 is 2.57 bits per heavy atom. The van der Waals surface area contributed by atoms with Crippen LogP contribution < -0.4 is 5.32 Å². The van der Waals surface area contributed by atoms with Crippen molar-refractivity contribution in [3.63, 3.8) is 0 Å². The molecule has 0 radical (unpaired) electrons. The SMILES string of the molecule is O=C1NCCCc2ccc(C(Br)c3ccc(I)cc3)cc21. The first-order valence-corrected chi connectivity index (χ1v) is 8.95. The molecule has 2 aromatic rings. The predicted molar refractivity (Wildman–Crippen MR) is 97.0 cm³/mol. The van der Waals surface area contributed by atoms with Crippen LogP contribution in [0.25, 0.3) is 0 Å². The second-order valence-electron chi connectivity index (χ2n) is 5.19. The van der Waals surface area contributed by atoms with Crippen LogP contribution >= 0.6 is 38.5 Å². The van der Waals surface area contributed by atoms with Crippen molar-refractivity contribution in [2.45, 2.75) is 17.7 Å². The van der Waals surface area contributed by atoms with Gasteiger partial charge in [0, 0.05) is 15.7 Å². The summed E-state index contributed by atoms with van der Waals surface area (Å²) in [5.41, 5.74) is 4.28. The van der Waals surface area contributed by atoms with Crippen LogP contribution in [-0.2, 0) is 6.42 Å². The van der Waals surface area contributed by atoms with E-state index in [4.69, 9.17) is 0 Å². The number of rotatable bonds is 2. The smallest absolute Gasteiger partial charge is 0.251 e.